The number of carbonyl (C=O) groups is 2. The highest BCUT2D eigenvalue weighted by atomic mass is 16.5. The van der Waals surface area contributed by atoms with Crippen molar-refractivity contribution in [3.8, 4) is 17.3 Å². The number of aromatic nitrogens is 2. The lowest BCUT2D eigenvalue weighted by molar-refractivity contribution is -0.117. The minimum absolute atomic E-state index is 0.0269. The second-order valence-electron chi connectivity index (χ2n) is 7.01. The fourth-order valence-electron chi connectivity index (χ4n) is 2.80. The fraction of sp³-hybridized carbons (Fsp3) is 0.381. The van der Waals surface area contributed by atoms with E-state index in [0.29, 0.717) is 42.5 Å². The molecule has 1 fully saturated rings. The summed E-state index contributed by atoms with van der Waals surface area (Å²) in [5.41, 5.74) is 2.28. The molecule has 3 rings (SSSR count). The Labute approximate surface area is 174 Å². The van der Waals surface area contributed by atoms with Gasteiger partial charge in [0, 0.05) is 31.7 Å². The molecule has 1 saturated carbocycles. The lowest BCUT2D eigenvalue weighted by Gasteiger charge is -2.16. The first-order chi connectivity index (χ1) is 14.6. The van der Waals surface area contributed by atoms with Crippen molar-refractivity contribution in [2.24, 2.45) is 5.92 Å². The van der Waals surface area contributed by atoms with Crippen LogP contribution in [-0.4, -0.2) is 55.0 Å². The number of carbonyl (C=O) groups excluding carboxylic acids is 2. The number of methoxy groups -OCH3 is 1. The van der Waals surface area contributed by atoms with Crippen LogP contribution in [0.25, 0.3) is 11.3 Å². The van der Waals surface area contributed by atoms with Crippen molar-refractivity contribution in [1.82, 2.24) is 15.3 Å². The fourth-order valence-corrected chi connectivity index (χ4v) is 2.80. The second kappa shape index (κ2) is 10.4. The van der Waals surface area contributed by atoms with Gasteiger partial charge in [0.1, 0.15) is 12.4 Å². The molecule has 0 radical (unpaired) electrons. The van der Waals surface area contributed by atoms with E-state index < -0.39 is 6.04 Å². The molecule has 1 unspecified atom stereocenters. The van der Waals surface area contributed by atoms with Gasteiger partial charge in [0.25, 0.3) is 0 Å². The highest BCUT2D eigenvalue weighted by molar-refractivity contribution is 5.93. The van der Waals surface area contributed by atoms with E-state index in [2.05, 4.69) is 32.0 Å². The Balaban J connectivity index is 1.70. The molecule has 0 saturated heterocycles. The predicted molar refractivity (Wildman–Crippen MR) is 112 cm³/mol. The number of anilines is 2. The number of nitriles is 1. The van der Waals surface area contributed by atoms with Crippen LogP contribution in [-0.2, 0) is 14.3 Å². The number of hydrogen-bond acceptors (Lipinski definition) is 8. The number of ether oxygens (including phenoxy) is 1. The molecule has 0 bridgehead atoms. The topological polar surface area (TPSA) is 129 Å². The summed E-state index contributed by atoms with van der Waals surface area (Å²) in [5, 5.41) is 18.4. The molecular formula is C21H24N6O3. The van der Waals surface area contributed by atoms with Gasteiger partial charge in [-0.05, 0) is 25.0 Å². The van der Waals surface area contributed by atoms with Gasteiger partial charge >= 0.3 is 0 Å². The summed E-state index contributed by atoms with van der Waals surface area (Å²) in [7, 11) is 1.61. The van der Waals surface area contributed by atoms with Gasteiger partial charge in [0.2, 0.25) is 5.91 Å². The first-order valence-electron chi connectivity index (χ1n) is 9.73. The average Bonchev–Trinajstić information content (AvgIpc) is 3.62. The molecule has 1 aliphatic rings. The molecule has 9 heteroatoms. The van der Waals surface area contributed by atoms with Gasteiger partial charge in [-0.1, -0.05) is 6.07 Å². The Hall–Kier alpha value is -3.35. The standard InChI is InChI=1S/C21H24N6O3/c1-30-7-6-23-10-17(13-28)26-18-8-15(4-5-16(18)9-22)19-11-25-20(12-24-19)27-21(29)14-2-3-14/h4-5,8,11-14,17,23,26H,2-3,6-7,10H2,1H3,(H,25,27,29). The van der Waals surface area contributed by atoms with Gasteiger partial charge in [-0.3, -0.25) is 9.78 Å². The predicted octanol–water partition coefficient (Wildman–Crippen LogP) is 1.58. The number of aldehydes is 1. The van der Waals surface area contributed by atoms with Crippen LogP contribution in [0.5, 0.6) is 0 Å². The second-order valence-corrected chi connectivity index (χ2v) is 7.01. The van der Waals surface area contributed by atoms with E-state index in [1.165, 1.54) is 6.20 Å². The molecule has 1 amide bonds. The molecule has 9 nitrogen and oxygen atoms in total. The molecule has 1 heterocycles. The summed E-state index contributed by atoms with van der Waals surface area (Å²) in [6.07, 6.45) is 5.71. The quantitative estimate of drug-likeness (QED) is 0.377. The highest BCUT2D eigenvalue weighted by Crippen LogP contribution is 2.30. The van der Waals surface area contributed by atoms with Gasteiger partial charge in [0.15, 0.2) is 5.82 Å². The zero-order valence-electron chi connectivity index (χ0n) is 16.7. The van der Waals surface area contributed by atoms with E-state index in [1.807, 2.05) is 0 Å². The van der Waals surface area contributed by atoms with Crippen molar-refractivity contribution in [1.29, 1.82) is 5.26 Å². The maximum atomic E-state index is 11.8. The van der Waals surface area contributed by atoms with Gasteiger partial charge in [-0.2, -0.15) is 5.26 Å². The molecule has 2 aromatic rings. The maximum absolute atomic E-state index is 11.8. The van der Waals surface area contributed by atoms with E-state index in [0.717, 1.165) is 24.7 Å². The van der Waals surface area contributed by atoms with Crippen molar-refractivity contribution in [2.45, 2.75) is 18.9 Å². The summed E-state index contributed by atoms with van der Waals surface area (Å²) < 4.78 is 4.97. The van der Waals surface area contributed by atoms with Crippen molar-refractivity contribution in [3.63, 3.8) is 0 Å². The van der Waals surface area contributed by atoms with Gasteiger partial charge in [-0.25, -0.2) is 4.98 Å². The lowest BCUT2D eigenvalue weighted by atomic mass is 10.1. The van der Waals surface area contributed by atoms with E-state index >= 15 is 0 Å². The summed E-state index contributed by atoms with van der Waals surface area (Å²) in [6.45, 7) is 1.56. The number of hydrogen-bond donors (Lipinski definition) is 3. The zero-order chi connectivity index (χ0) is 21.3. The van der Waals surface area contributed by atoms with E-state index in [9.17, 15) is 14.9 Å². The largest absolute Gasteiger partial charge is 0.383 e. The summed E-state index contributed by atoms with van der Waals surface area (Å²) >= 11 is 0. The van der Waals surface area contributed by atoms with E-state index in [1.54, 1.807) is 31.5 Å². The third-order valence-corrected chi connectivity index (χ3v) is 4.64. The molecule has 1 aliphatic carbocycles. The summed E-state index contributed by atoms with van der Waals surface area (Å²) in [5.74, 6) is 0.472. The molecule has 0 spiro atoms. The summed E-state index contributed by atoms with van der Waals surface area (Å²) in [4.78, 5) is 31.9. The van der Waals surface area contributed by atoms with E-state index in [4.69, 9.17) is 4.74 Å². The van der Waals surface area contributed by atoms with Crippen LogP contribution >= 0.6 is 0 Å². The number of nitrogens with one attached hydrogen (secondary N) is 3. The van der Waals surface area contributed by atoms with E-state index in [-0.39, 0.29) is 11.8 Å². The maximum Gasteiger partial charge on any atom is 0.228 e. The Kier molecular flexibility index (Phi) is 7.43. The molecular weight excluding hydrogens is 384 g/mol. The molecule has 156 valence electrons. The number of rotatable bonds is 11. The Morgan fingerprint density at radius 1 is 1.37 bits per heavy atom. The monoisotopic (exact) mass is 408 g/mol. The molecule has 30 heavy (non-hydrogen) atoms. The third kappa shape index (κ3) is 5.83. The average molecular weight is 408 g/mol. The van der Waals surface area contributed by atoms with Gasteiger partial charge in [-0.15, -0.1) is 0 Å². The van der Waals surface area contributed by atoms with Crippen LogP contribution < -0.4 is 16.0 Å². The molecule has 0 aliphatic heterocycles. The van der Waals surface area contributed by atoms with Crippen LogP contribution in [0.1, 0.15) is 18.4 Å². The van der Waals surface area contributed by atoms with Crippen LogP contribution in [0, 0.1) is 17.2 Å². The third-order valence-electron chi connectivity index (χ3n) is 4.64. The molecule has 3 N–H and O–H groups in total. The zero-order valence-corrected chi connectivity index (χ0v) is 16.7. The van der Waals surface area contributed by atoms with Crippen molar-refractivity contribution < 1.29 is 14.3 Å². The number of amides is 1. The number of benzene rings is 1. The highest BCUT2D eigenvalue weighted by Gasteiger charge is 2.29. The van der Waals surface area contributed by atoms with Gasteiger partial charge < -0.3 is 25.5 Å². The van der Waals surface area contributed by atoms with Crippen LogP contribution in [0.4, 0.5) is 11.5 Å². The van der Waals surface area contributed by atoms with Crippen molar-refractivity contribution in [2.75, 3.05) is 37.4 Å². The van der Waals surface area contributed by atoms with Crippen molar-refractivity contribution in [3.05, 3.63) is 36.2 Å². The van der Waals surface area contributed by atoms with Crippen LogP contribution in [0.3, 0.4) is 0 Å². The van der Waals surface area contributed by atoms with Crippen molar-refractivity contribution >= 4 is 23.7 Å². The molecule has 1 aromatic heterocycles. The molecule has 1 atom stereocenters. The minimum atomic E-state index is -0.504. The summed E-state index contributed by atoms with van der Waals surface area (Å²) in [6, 6.07) is 6.82. The van der Waals surface area contributed by atoms with Crippen LogP contribution in [0.2, 0.25) is 0 Å². The normalized spacial score (nSPS) is 13.9. The number of nitrogens with zero attached hydrogens (tertiary/aromatic N) is 3. The Morgan fingerprint density at radius 3 is 2.83 bits per heavy atom. The first kappa shape index (κ1) is 21.4. The molecule has 1 aromatic carbocycles. The SMILES string of the molecule is COCCNCC(C=O)Nc1cc(-c2cnc(NC(=O)C3CC3)cn2)ccc1C#N. The van der Waals surface area contributed by atoms with Gasteiger partial charge in [0.05, 0.1) is 42.0 Å². The van der Waals surface area contributed by atoms with Crippen LogP contribution in [0.15, 0.2) is 30.6 Å². The lowest BCUT2D eigenvalue weighted by Crippen LogP contribution is -2.35. The Bertz CT molecular complexity index is 921. The smallest absolute Gasteiger partial charge is 0.228 e. The minimum Gasteiger partial charge on any atom is -0.383 e. The first-order valence-corrected chi connectivity index (χ1v) is 9.73. The Morgan fingerprint density at radius 2 is 2.20 bits per heavy atom.